The van der Waals surface area contributed by atoms with Crippen molar-refractivity contribution < 1.29 is 17.6 Å². The number of nitrogens with one attached hydrogen (secondary N) is 1. The van der Waals surface area contributed by atoms with E-state index < -0.39 is 15.9 Å². The van der Waals surface area contributed by atoms with Gasteiger partial charge in [0.15, 0.2) is 4.34 Å². The fourth-order valence-electron chi connectivity index (χ4n) is 2.72. The molecule has 7 nitrogen and oxygen atoms in total. The maximum absolute atomic E-state index is 12.7. The van der Waals surface area contributed by atoms with Gasteiger partial charge in [-0.25, -0.2) is 17.7 Å². The van der Waals surface area contributed by atoms with Crippen LogP contribution in [0.4, 0.5) is 5.69 Å². The molecule has 0 fully saturated rings. The van der Waals surface area contributed by atoms with Crippen LogP contribution in [-0.4, -0.2) is 43.5 Å². The fraction of sp³-hybridized carbons (Fsp3) is 0.364. The van der Waals surface area contributed by atoms with Gasteiger partial charge in [0, 0.05) is 44.4 Å². The van der Waals surface area contributed by atoms with E-state index in [1.165, 1.54) is 20.2 Å². The number of nitrogens with zero attached hydrogens (tertiary/aromatic N) is 2. The number of sulfonamides is 1. The van der Waals surface area contributed by atoms with Crippen LogP contribution >= 0.6 is 23.1 Å². The summed E-state index contributed by atoms with van der Waals surface area (Å²) in [7, 11) is -0.943. The first kappa shape index (κ1) is 24.3. The predicted molar refractivity (Wildman–Crippen MR) is 130 cm³/mol. The molecule has 0 saturated carbocycles. The molecule has 170 valence electrons. The van der Waals surface area contributed by atoms with E-state index in [9.17, 15) is 13.2 Å². The van der Waals surface area contributed by atoms with Gasteiger partial charge in [0.1, 0.15) is 5.76 Å². The van der Waals surface area contributed by atoms with Crippen LogP contribution < -0.4 is 5.32 Å². The average Bonchev–Trinajstić information content (AvgIpc) is 3.33. The zero-order valence-corrected chi connectivity index (χ0v) is 20.8. The van der Waals surface area contributed by atoms with Gasteiger partial charge < -0.3 is 9.73 Å². The Morgan fingerprint density at radius 2 is 2.00 bits per heavy atom. The first-order chi connectivity index (χ1) is 15.2. The molecular formula is C22H25N3O4S3. The molecule has 0 aliphatic rings. The lowest BCUT2D eigenvalue weighted by molar-refractivity contribution is 0.102. The van der Waals surface area contributed by atoms with Crippen LogP contribution in [0.1, 0.15) is 42.3 Å². The van der Waals surface area contributed by atoms with Gasteiger partial charge >= 0.3 is 0 Å². The van der Waals surface area contributed by atoms with E-state index in [0.29, 0.717) is 5.69 Å². The third kappa shape index (κ3) is 5.72. The highest BCUT2D eigenvalue weighted by molar-refractivity contribution is 8.01. The van der Waals surface area contributed by atoms with E-state index in [0.717, 1.165) is 43.9 Å². The van der Waals surface area contributed by atoms with E-state index in [1.807, 2.05) is 12.1 Å². The molecule has 2 aromatic heterocycles. The first-order valence-corrected chi connectivity index (χ1v) is 13.3. The Kier molecular flexibility index (Phi) is 8.00. The number of carbonyl (C=O) groups is 1. The maximum Gasteiger partial charge on any atom is 0.275 e. The molecule has 0 unspecified atom stereocenters. The minimum atomic E-state index is -3.76. The van der Waals surface area contributed by atoms with Gasteiger partial charge in [0.25, 0.3) is 15.9 Å². The van der Waals surface area contributed by atoms with Crippen LogP contribution in [0, 0.1) is 18.8 Å². The number of anilines is 1. The third-order valence-electron chi connectivity index (χ3n) is 4.45. The molecule has 10 heteroatoms. The lowest BCUT2D eigenvalue weighted by Gasteiger charge is -2.07. The molecule has 0 spiro atoms. The molecular weight excluding hydrogens is 466 g/mol. The zero-order chi connectivity index (χ0) is 23.3. The summed E-state index contributed by atoms with van der Waals surface area (Å²) < 4.78 is 32.8. The van der Waals surface area contributed by atoms with E-state index >= 15 is 0 Å². The smallest absolute Gasteiger partial charge is 0.275 e. The van der Waals surface area contributed by atoms with E-state index in [4.69, 9.17) is 4.42 Å². The molecule has 3 aromatic rings. The van der Waals surface area contributed by atoms with Crippen molar-refractivity contribution in [3.8, 4) is 11.8 Å². The zero-order valence-electron chi connectivity index (χ0n) is 18.4. The second-order valence-corrected chi connectivity index (χ2v) is 11.6. The highest BCUT2D eigenvalue weighted by atomic mass is 32.2. The lowest BCUT2D eigenvalue weighted by Crippen LogP contribution is -2.21. The SMILES string of the molecule is CCCC#CCCSc1nc2ccc(NC(=O)c3cc(S(=O)(=O)N(C)C)oc3C)cc2s1. The van der Waals surface area contributed by atoms with Crippen LogP contribution in [-0.2, 0) is 10.0 Å². The predicted octanol–water partition coefficient (Wildman–Crippen LogP) is 4.99. The second kappa shape index (κ2) is 10.5. The van der Waals surface area contributed by atoms with Crippen LogP contribution in [0.2, 0.25) is 0 Å². The molecule has 0 radical (unpaired) electrons. The van der Waals surface area contributed by atoms with E-state index in [2.05, 4.69) is 29.1 Å². The van der Waals surface area contributed by atoms with Crippen molar-refractivity contribution in [3.05, 3.63) is 35.6 Å². The maximum atomic E-state index is 12.7. The number of hydrogen-bond donors (Lipinski definition) is 1. The summed E-state index contributed by atoms with van der Waals surface area (Å²) in [6, 6.07) is 6.75. The highest BCUT2D eigenvalue weighted by Gasteiger charge is 2.25. The van der Waals surface area contributed by atoms with Crippen LogP contribution in [0.3, 0.4) is 0 Å². The first-order valence-electron chi connectivity index (χ1n) is 10.1. The summed E-state index contributed by atoms with van der Waals surface area (Å²) in [5, 5.41) is 2.55. The number of fused-ring (bicyclic) bond motifs is 1. The standard InChI is InChI=1S/C22H25N3O4S3/c1-5-6-7-8-9-12-30-22-24-18-11-10-16(13-19(18)31-22)23-21(26)17-14-20(29-15(17)2)32(27,28)25(3)4/h10-11,13-14H,5-6,9,12H2,1-4H3,(H,23,26). The molecule has 0 bridgehead atoms. The quantitative estimate of drug-likeness (QED) is 0.271. The summed E-state index contributed by atoms with van der Waals surface area (Å²) in [6.45, 7) is 3.68. The van der Waals surface area contributed by atoms with Gasteiger partial charge in [-0.2, -0.15) is 0 Å². The van der Waals surface area contributed by atoms with Gasteiger partial charge in [-0.3, -0.25) is 4.79 Å². The minimum absolute atomic E-state index is 0.176. The number of carbonyl (C=O) groups excluding carboxylic acids is 1. The van der Waals surface area contributed by atoms with Crippen LogP contribution in [0.25, 0.3) is 10.2 Å². The van der Waals surface area contributed by atoms with Crippen molar-refractivity contribution in [2.45, 2.75) is 42.5 Å². The number of furan rings is 1. The second-order valence-electron chi connectivity index (χ2n) is 7.14. The van der Waals surface area contributed by atoms with Crippen molar-refractivity contribution in [1.29, 1.82) is 0 Å². The Labute approximate surface area is 196 Å². The minimum Gasteiger partial charge on any atom is -0.448 e. The molecule has 0 saturated heterocycles. The molecule has 1 N–H and O–H groups in total. The van der Waals surface area contributed by atoms with E-state index in [-0.39, 0.29) is 16.4 Å². The fourth-order valence-corrected chi connectivity index (χ4v) is 5.61. The molecule has 0 atom stereocenters. The highest BCUT2D eigenvalue weighted by Crippen LogP contribution is 2.32. The summed E-state index contributed by atoms with van der Waals surface area (Å²) in [5.74, 6) is 7.00. The number of benzene rings is 1. The largest absolute Gasteiger partial charge is 0.448 e. The molecule has 2 heterocycles. The Balaban J connectivity index is 1.69. The van der Waals surface area contributed by atoms with Gasteiger partial charge in [0.05, 0.1) is 15.8 Å². The molecule has 3 rings (SSSR count). The normalized spacial score (nSPS) is 11.5. The molecule has 0 aliphatic carbocycles. The Morgan fingerprint density at radius 3 is 2.72 bits per heavy atom. The van der Waals surface area contributed by atoms with Crippen molar-refractivity contribution in [1.82, 2.24) is 9.29 Å². The summed E-state index contributed by atoms with van der Waals surface area (Å²) in [6.07, 6.45) is 2.84. The van der Waals surface area contributed by atoms with Gasteiger partial charge in [0.2, 0.25) is 5.09 Å². The lowest BCUT2D eigenvalue weighted by atomic mass is 10.2. The number of thioether (sulfide) groups is 1. The number of aromatic nitrogens is 1. The molecule has 1 amide bonds. The number of rotatable bonds is 8. The van der Waals surface area contributed by atoms with Crippen molar-refractivity contribution in [3.63, 3.8) is 0 Å². The topological polar surface area (TPSA) is 92.5 Å². The number of amides is 1. The van der Waals surface area contributed by atoms with Crippen LogP contribution in [0.5, 0.6) is 0 Å². The summed E-state index contributed by atoms with van der Waals surface area (Å²) in [5.41, 5.74) is 1.65. The Morgan fingerprint density at radius 1 is 1.25 bits per heavy atom. The molecule has 32 heavy (non-hydrogen) atoms. The number of unbranched alkanes of at least 4 members (excludes halogenated alkanes) is 1. The van der Waals surface area contributed by atoms with Crippen molar-refractivity contribution >= 4 is 54.9 Å². The number of aryl methyl sites for hydroxylation is 1. The molecule has 1 aromatic carbocycles. The van der Waals surface area contributed by atoms with Gasteiger partial charge in [-0.05, 0) is 31.5 Å². The summed E-state index contributed by atoms with van der Waals surface area (Å²) in [4.78, 5) is 17.3. The Hall–Kier alpha value is -2.32. The Bertz CT molecular complexity index is 1280. The average molecular weight is 492 g/mol. The molecule has 0 aliphatic heterocycles. The van der Waals surface area contributed by atoms with Crippen LogP contribution in [0.15, 0.2) is 38.1 Å². The van der Waals surface area contributed by atoms with E-state index in [1.54, 1.807) is 36.1 Å². The van der Waals surface area contributed by atoms with Crippen molar-refractivity contribution in [2.75, 3.05) is 25.2 Å². The number of thiazole rings is 1. The monoisotopic (exact) mass is 491 g/mol. The van der Waals surface area contributed by atoms with Gasteiger partial charge in [-0.1, -0.05) is 18.7 Å². The summed E-state index contributed by atoms with van der Waals surface area (Å²) >= 11 is 3.24. The van der Waals surface area contributed by atoms with Gasteiger partial charge in [-0.15, -0.1) is 23.2 Å². The number of hydrogen-bond acceptors (Lipinski definition) is 7. The van der Waals surface area contributed by atoms with Crippen molar-refractivity contribution in [2.24, 2.45) is 0 Å². The third-order valence-corrected chi connectivity index (χ3v) is 8.29.